The highest BCUT2D eigenvalue weighted by Gasteiger charge is 2.25. The van der Waals surface area contributed by atoms with Gasteiger partial charge in [0.05, 0.1) is 17.4 Å². The summed E-state index contributed by atoms with van der Waals surface area (Å²) in [6.07, 6.45) is 4.02. The van der Waals surface area contributed by atoms with Crippen LogP contribution >= 0.6 is 0 Å². The van der Waals surface area contributed by atoms with Gasteiger partial charge in [0.15, 0.2) is 0 Å². The van der Waals surface area contributed by atoms with Crippen molar-refractivity contribution in [1.82, 2.24) is 15.6 Å². The van der Waals surface area contributed by atoms with E-state index < -0.39 is 0 Å². The molecule has 5 rings (SSSR count). The summed E-state index contributed by atoms with van der Waals surface area (Å²) in [5.74, 6) is -0.506. The molecule has 3 aromatic carbocycles. The maximum absolute atomic E-state index is 13.4. The van der Waals surface area contributed by atoms with Crippen molar-refractivity contribution in [3.8, 4) is 0 Å². The summed E-state index contributed by atoms with van der Waals surface area (Å²) < 4.78 is 13.4. The number of urea groups is 1. The number of fused-ring (bicyclic) bond motifs is 2. The lowest BCUT2D eigenvalue weighted by Gasteiger charge is -2.15. The van der Waals surface area contributed by atoms with Gasteiger partial charge in [-0.25, -0.2) is 9.18 Å². The van der Waals surface area contributed by atoms with Crippen molar-refractivity contribution in [2.75, 3.05) is 17.6 Å². The minimum absolute atomic E-state index is 0.108. The molecule has 4 aromatic rings. The summed E-state index contributed by atoms with van der Waals surface area (Å²) in [5.41, 5.74) is 11.4. The molecule has 1 aliphatic rings. The van der Waals surface area contributed by atoms with Crippen molar-refractivity contribution in [3.05, 3.63) is 94.9 Å². The molecule has 0 saturated carbocycles. The molecule has 1 unspecified atom stereocenters. The number of carbonyl (C=O) groups excluding carboxylic acids is 2. The van der Waals surface area contributed by atoms with Crippen LogP contribution in [0.2, 0.25) is 0 Å². The van der Waals surface area contributed by atoms with Gasteiger partial charge in [-0.15, -0.1) is 0 Å². The molecule has 0 fully saturated rings. The Kier molecular flexibility index (Phi) is 6.10. The number of aryl methyl sites for hydroxylation is 1. The molecule has 1 aliphatic carbocycles. The van der Waals surface area contributed by atoms with Gasteiger partial charge < -0.3 is 26.7 Å². The summed E-state index contributed by atoms with van der Waals surface area (Å²) in [6, 6.07) is 17.0. The maximum Gasteiger partial charge on any atom is 0.315 e. The van der Waals surface area contributed by atoms with Crippen LogP contribution in [0.5, 0.6) is 0 Å². The summed E-state index contributed by atoms with van der Waals surface area (Å²) >= 11 is 0. The number of nitrogens with two attached hydrogens (primary N) is 1. The fourth-order valence-electron chi connectivity index (χ4n) is 4.60. The summed E-state index contributed by atoms with van der Waals surface area (Å²) in [5, 5.41) is 9.73. The largest absolute Gasteiger partial charge is 0.397 e. The van der Waals surface area contributed by atoms with Crippen LogP contribution in [0.4, 0.5) is 20.6 Å². The maximum atomic E-state index is 13.4. The van der Waals surface area contributed by atoms with Gasteiger partial charge in [-0.1, -0.05) is 18.2 Å². The number of rotatable bonds is 6. The molecule has 0 radical (unpaired) electrons. The fourth-order valence-corrected chi connectivity index (χ4v) is 4.60. The normalized spacial score (nSPS) is 14.5. The van der Waals surface area contributed by atoms with E-state index in [1.54, 1.807) is 24.3 Å². The molecule has 0 spiro atoms. The van der Waals surface area contributed by atoms with E-state index >= 15 is 0 Å². The Bertz CT molecular complexity index is 1410. The molecule has 178 valence electrons. The lowest BCUT2D eigenvalue weighted by molar-refractivity contribution is 0.102. The highest BCUT2D eigenvalue weighted by atomic mass is 19.1. The van der Waals surface area contributed by atoms with Crippen LogP contribution in [0, 0.1) is 5.82 Å². The first kappa shape index (κ1) is 22.5. The number of hydrogen-bond donors (Lipinski definition) is 5. The van der Waals surface area contributed by atoms with Crippen LogP contribution in [-0.4, -0.2) is 23.5 Å². The molecule has 3 amide bonds. The second-order valence-corrected chi connectivity index (χ2v) is 8.70. The molecule has 7 nitrogen and oxygen atoms in total. The van der Waals surface area contributed by atoms with Crippen LogP contribution in [-0.2, 0) is 12.8 Å². The number of anilines is 2. The second-order valence-electron chi connectivity index (χ2n) is 8.70. The zero-order valence-corrected chi connectivity index (χ0v) is 19.0. The number of aromatic amines is 1. The highest BCUT2D eigenvalue weighted by molar-refractivity contribution is 6.05. The Morgan fingerprint density at radius 2 is 1.94 bits per heavy atom. The molecule has 6 N–H and O–H groups in total. The lowest BCUT2D eigenvalue weighted by atomic mass is 10.0. The van der Waals surface area contributed by atoms with E-state index in [0.717, 1.165) is 40.4 Å². The number of para-hydroxylation sites is 2. The molecule has 8 heteroatoms. The molecule has 35 heavy (non-hydrogen) atoms. The van der Waals surface area contributed by atoms with E-state index in [1.807, 2.05) is 30.5 Å². The van der Waals surface area contributed by atoms with Gasteiger partial charge in [0.25, 0.3) is 5.91 Å². The van der Waals surface area contributed by atoms with Crippen molar-refractivity contribution < 1.29 is 14.0 Å². The van der Waals surface area contributed by atoms with Crippen molar-refractivity contribution in [3.63, 3.8) is 0 Å². The number of halogens is 1. The van der Waals surface area contributed by atoms with Crippen molar-refractivity contribution in [2.45, 2.75) is 25.3 Å². The SMILES string of the molecule is Nc1ccccc1NC(=O)c1ccc2c(c1)CCC2NC(=O)NCCc1c[nH]c2cc(F)ccc12. The number of H-pyrrole nitrogens is 1. The predicted molar refractivity (Wildman–Crippen MR) is 135 cm³/mol. The molecule has 1 aromatic heterocycles. The van der Waals surface area contributed by atoms with Crippen LogP contribution in [0.1, 0.15) is 39.5 Å². The molecular weight excluding hydrogens is 445 g/mol. The van der Waals surface area contributed by atoms with E-state index in [9.17, 15) is 14.0 Å². The molecule has 0 aliphatic heterocycles. The molecule has 0 saturated heterocycles. The third-order valence-electron chi connectivity index (χ3n) is 6.41. The van der Waals surface area contributed by atoms with Gasteiger partial charge in [0, 0.05) is 29.2 Å². The summed E-state index contributed by atoms with van der Waals surface area (Å²) in [7, 11) is 0. The van der Waals surface area contributed by atoms with Gasteiger partial charge in [0.2, 0.25) is 0 Å². The monoisotopic (exact) mass is 471 g/mol. The Labute approximate surface area is 201 Å². The lowest BCUT2D eigenvalue weighted by Crippen LogP contribution is -2.38. The topological polar surface area (TPSA) is 112 Å². The van der Waals surface area contributed by atoms with Crippen LogP contribution in [0.15, 0.2) is 66.9 Å². The fraction of sp³-hybridized carbons (Fsp3) is 0.185. The Balaban J connectivity index is 1.16. The Morgan fingerprint density at radius 3 is 2.80 bits per heavy atom. The predicted octanol–water partition coefficient (Wildman–Crippen LogP) is 4.67. The Hall–Kier alpha value is -4.33. The average molecular weight is 472 g/mol. The number of hydrogen-bond acceptors (Lipinski definition) is 3. The minimum atomic E-state index is -0.283. The zero-order valence-electron chi connectivity index (χ0n) is 19.0. The number of carbonyl (C=O) groups is 2. The van der Waals surface area contributed by atoms with Crippen molar-refractivity contribution in [1.29, 1.82) is 0 Å². The smallest absolute Gasteiger partial charge is 0.315 e. The van der Waals surface area contributed by atoms with E-state index in [2.05, 4.69) is 20.9 Å². The summed E-state index contributed by atoms with van der Waals surface area (Å²) in [6.45, 7) is 0.456. The van der Waals surface area contributed by atoms with Crippen LogP contribution < -0.4 is 21.7 Å². The third kappa shape index (κ3) is 4.82. The number of benzene rings is 3. The molecule has 0 bridgehead atoms. The van der Waals surface area contributed by atoms with E-state index in [1.165, 1.54) is 12.1 Å². The third-order valence-corrected chi connectivity index (χ3v) is 6.41. The van der Waals surface area contributed by atoms with Gasteiger partial charge in [-0.05, 0) is 78.4 Å². The minimum Gasteiger partial charge on any atom is -0.397 e. The number of nitrogen functional groups attached to an aromatic ring is 1. The van der Waals surface area contributed by atoms with Crippen molar-refractivity contribution >= 4 is 34.2 Å². The number of nitrogens with one attached hydrogen (secondary N) is 4. The first-order chi connectivity index (χ1) is 17.0. The average Bonchev–Trinajstić information content (AvgIpc) is 3.43. The highest BCUT2D eigenvalue weighted by Crippen LogP contribution is 2.32. The van der Waals surface area contributed by atoms with Crippen LogP contribution in [0.3, 0.4) is 0 Å². The van der Waals surface area contributed by atoms with E-state index in [4.69, 9.17) is 5.73 Å². The van der Waals surface area contributed by atoms with Gasteiger partial charge >= 0.3 is 6.03 Å². The number of amides is 3. The van der Waals surface area contributed by atoms with Crippen LogP contribution in [0.25, 0.3) is 10.9 Å². The van der Waals surface area contributed by atoms with Gasteiger partial charge in [-0.2, -0.15) is 0 Å². The van der Waals surface area contributed by atoms with Crippen molar-refractivity contribution in [2.24, 2.45) is 0 Å². The van der Waals surface area contributed by atoms with Gasteiger partial charge in [-0.3, -0.25) is 4.79 Å². The Morgan fingerprint density at radius 1 is 1.09 bits per heavy atom. The molecular formula is C27H26FN5O2. The van der Waals surface area contributed by atoms with E-state index in [0.29, 0.717) is 29.9 Å². The van der Waals surface area contributed by atoms with Gasteiger partial charge in [0.1, 0.15) is 5.82 Å². The second kappa shape index (κ2) is 9.50. The first-order valence-electron chi connectivity index (χ1n) is 11.6. The molecule has 1 atom stereocenters. The zero-order chi connectivity index (χ0) is 24.4. The molecule has 1 heterocycles. The summed E-state index contributed by atoms with van der Waals surface area (Å²) in [4.78, 5) is 28.2. The van der Waals surface area contributed by atoms with E-state index in [-0.39, 0.29) is 23.8 Å². The standard InChI is InChI=1S/C27H26FN5O2/c28-19-7-9-21-18(15-31-25(21)14-19)11-12-30-27(35)33-23-10-6-16-13-17(5-8-20(16)23)26(34)32-24-4-2-1-3-22(24)29/h1-5,7-9,13-15,23,31H,6,10-12,29H2,(H,32,34)(H2,30,33,35). The number of aromatic nitrogens is 1. The quantitative estimate of drug-likeness (QED) is 0.263. The first-order valence-corrected chi connectivity index (χ1v) is 11.6.